The quantitative estimate of drug-likeness (QED) is 0.0237. The zero-order valence-corrected chi connectivity index (χ0v) is 34.5. The molecule has 0 bridgehead atoms. The lowest BCUT2D eigenvalue weighted by molar-refractivity contribution is -0.154. The van der Waals surface area contributed by atoms with Gasteiger partial charge in [0.15, 0.2) is 0 Å². The van der Waals surface area contributed by atoms with Crippen molar-refractivity contribution in [1.82, 2.24) is 0 Å². The van der Waals surface area contributed by atoms with E-state index < -0.39 is 45.1 Å². The van der Waals surface area contributed by atoms with Gasteiger partial charge in [0.2, 0.25) is 0 Å². The third kappa shape index (κ3) is 38.3. The molecule has 10 nitrogen and oxygen atoms in total. The van der Waals surface area contributed by atoms with Crippen molar-refractivity contribution in [3.05, 3.63) is 36.5 Å². The van der Waals surface area contributed by atoms with Gasteiger partial charge in [-0.1, -0.05) is 140 Å². The number of carbonyl (C=O) groups excluding carboxylic acids is 1. The molecule has 11 heteroatoms. The van der Waals surface area contributed by atoms with Crippen LogP contribution in [0.5, 0.6) is 0 Å². The van der Waals surface area contributed by atoms with Crippen LogP contribution in [-0.4, -0.2) is 60.5 Å². The van der Waals surface area contributed by atoms with Gasteiger partial charge in [-0.05, 0) is 70.6 Å². The van der Waals surface area contributed by atoms with E-state index >= 15 is 0 Å². The first-order chi connectivity index (χ1) is 25.7. The minimum Gasteiger partial charge on any atom is -0.480 e. The maximum atomic E-state index is 12.6. The number of unbranched alkanes of at least 4 members (excludes halogenated alkanes) is 20. The smallest absolute Gasteiger partial charge is 0.472 e. The van der Waals surface area contributed by atoms with Gasteiger partial charge in [0.25, 0.3) is 0 Å². The standard InChI is InChI=1S/C42H78NO9P/c1-3-5-7-9-11-13-15-17-18-19-20-21-23-25-27-29-31-33-35-49-36-39(37-50-53(47,48)51-38-40(43)42(45)46)52-41(44)34-32-30-28-26-24-22-16-14-12-10-8-6-4-2/h11,13-14,16-18,39-40H,3-10,12,15,19-38,43H2,1-2H3,(H,45,46)(H,47,48)/b13-11-,16-14-,18-17-. The van der Waals surface area contributed by atoms with Crippen LogP contribution in [0.3, 0.4) is 0 Å². The molecule has 0 saturated heterocycles. The Bertz CT molecular complexity index is 988. The Morgan fingerprint density at radius 1 is 0.604 bits per heavy atom. The highest BCUT2D eigenvalue weighted by Gasteiger charge is 2.27. The van der Waals surface area contributed by atoms with Crippen LogP contribution in [0.4, 0.5) is 0 Å². The van der Waals surface area contributed by atoms with Gasteiger partial charge in [0, 0.05) is 13.0 Å². The van der Waals surface area contributed by atoms with Crippen molar-refractivity contribution in [2.45, 2.75) is 193 Å². The molecule has 0 aliphatic carbocycles. The summed E-state index contributed by atoms with van der Waals surface area (Å²) in [7, 11) is -4.62. The molecular weight excluding hydrogens is 693 g/mol. The van der Waals surface area contributed by atoms with Crippen molar-refractivity contribution in [3.63, 3.8) is 0 Å². The second-order valence-electron chi connectivity index (χ2n) is 14.1. The van der Waals surface area contributed by atoms with Crippen LogP contribution in [0.15, 0.2) is 36.5 Å². The Labute approximate surface area is 323 Å². The van der Waals surface area contributed by atoms with Crippen LogP contribution >= 0.6 is 7.82 Å². The maximum absolute atomic E-state index is 12.6. The Morgan fingerprint density at radius 3 is 1.58 bits per heavy atom. The van der Waals surface area contributed by atoms with Crippen molar-refractivity contribution in [3.8, 4) is 0 Å². The van der Waals surface area contributed by atoms with Crippen LogP contribution in [0.25, 0.3) is 0 Å². The lowest BCUT2D eigenvalue weighted by Gasteiger charge is -2.20. The van der Waals surface area contributed by atoms with Crippen molar-refractivity contribution in [2.24, 2.45) is 5.73 Å². The maximum Gasteiger partial charge on any atom is 0.472 e. The summed E-state index contributed by atoms with van der Waals surface area (Å²) in [5.41, 5.74) is 5.35. The largest absolute Gasteiger partial charge is 0.480 e. The minimum atomic E-state index is -4.62. The molecule has 310 valence electrons. The summed E-state index contributed by atoms with van der Waals surface area (Å²) < 4.78 is 33.3. The highest BCUT2D eigenvalue weighted by atomic mass is 31.2. The number of ether oxygens (including phenoxy) is 2. The van der Waals surface area contributed by atoms with Gasteiger partial charge in [-0.2, -0.15) is 0 Å². The normalized spacial score (nSPS) is 14.3. The van der Waals surface area contributed by atoms with Gasteiger partial charge in [-0.25, -0.2) is 4.57 Å². The first kappa shape index (κ1) is 51.2. The van der Waals surface area contributed by atoms with Crippen LogP contribution in [0.2, 0.25) is 0 Å². The van der Waals surface area contributed by atoms with E-state index in [9.17, 15) is 19.0 Å². The third-order valence-corrected chi connectivity index (χ3v) is 9.84. The van der Waals surface area contributed by atoms with Crippen LogP contribution in [-0.2, 0) is 32.7 Å². The number of carboxylic acid groups (broad SMARTS) is 1. The van der Waals surface area contributed by atoms with Crippen molar-refractivity contribution in [2.75, 3.05) is 26.4 Å². The molecule has 0 rings (SSSR count). The molecule has 0 saturated carbocycles. The van der Waals surface area contributed by atoms with E-state index in [1.54, 1.807) is 0 Å². The fraction of sp³-hybridized carbons (Fsp3) is 0.810. The van der Waals surface area contributed by atoms with E-state index in [4.69, 9.17) is 29.4 Å². The number of nitrogens with two attached hydrogens (primary N) is 1. The number of carboxylic acids is 1. The van der Waals surface area contributed by atoms with Crippen molar-refractivity contribution < 1.29 is 42.7 Å². The number of hydrogen-bond donors (Lipinski definition) is 3. The van der Waals surface area contributed by atoms with Crippen molar-refractivity contribution >= 4 is 19.8 Å². The lowest BCUT2D eigenvalue weighted by Crippen LogP contribution is -2.34. The number of hydrogen-bond acceptors (Lipinski definition) is 8. The van der Waals surface area contributed by atoms with Gasteiger partial charge < -0.3 is 25.2 Å². The molecule has 0 amide bonds. The minimum absolute atomic E-state index is 0.0101. The van der Waals surface area contributed by atoms with Gasteiger partial charge in [0.05, 0.1) is 19.8 Å². The Morgan fingerprint density at radius 2 is 1.04 bits per heavy atom. The number of carbonyl (C=O) groups is 2. The second kappa shape index (κ2) is 38.5. The number of phosphoric ester groups is 1. The summed E-state index contributed by atoms with van der Waals surface area (Å²) in [6.45, 7) is 3.81. The molecule has 0 radical (unpaired) electrons. The highest BCUT2D eigenvalue weighted by molar-refractivity contribution is 7.47. The van der Waals surface area contributed by atoms with E-state index in [-0.39, 0.29) is 13.0 Å². The van der Waals surface area contributed by atoms with Crippen LogP contribution in [0, 0.1) is 0 Å². The number of aliphatic carboxylic acids is 1. The van der Waals surface area contributed by atoms with E-state index in [0.29, 0.717) is 13.0 Å². The fourth-order valence-electron chi connectivity index (χ4n) is 5.57. The average Bonchev–Trinajstić information content (AvgIpc) is 3.13. The predicted molar refractivity (Wildman–Crippen MR) is 217 cm³/mol. The second-order valence-corrected chi connectivity index (χ2v) is 15.6. The molecule has 53 heavy (non-hydrogen) atoms. The molecule has 0 aromatic heterocycles. The Hall–Kier alpha value is -1.81. The summed E-state index contributed by atoms with van der Waals surface area (Å²) in [5.74, 6) is -1.79. The molecule has 4 N–H and O–H groups in total. The summed E-state index contributed by atoms with van der Waals surface area (Å²) in [6.07, 6.45) is 41.9. The van der Waals surface area contributed by atoms with Gasteiger partial charge in [-0.3, -0.25) is 18.6 Å². The molecule has 0 fully saturated rings. The molecular formula is C42H78NO9P. The molecule has 3 unspecified atom stereocenters. The number of esters is 1. The average molecular weight is 772 g/mol. The monoisotopic (exact) mass is 772 g/mol. The van der Waals surface area contributed by atoms with Gasteiger partial charge in [0.1, 0.15) is 12.1 Å². The molecule has 0 aromatic rings. The number of phosphoric acid groups is 1. The summed E-state index contributed by atoms with van der Waals surface area (Å²) in [5, 5.41) is 8.88. The van der Waals surface area contributed by atoms with Crippen LogP contribution < -0.4 is 5.73 Å². The fourth-order valence-corrected chi connectivity index (χ4v) is 6.35. The molecule has 3 atom stereocenters. The van der Waals surface area contributed by atoms with E-state index in [1.165, 1.54) is 83.5 Å². The predicted octanol–water partition coefficient (Wildman–Crippen LogP) is 11.3. The summed E-state index contributed by atoms with van der Waals surface area (Å²) in [6, 6.07) is -1.47. The number of allylic oxidation sites excluding steroid dienone is 6. The first-order valence-corrected chi connectivity index (χ1v) is 22.5. The molecule has 0 aliphatic rings. The third-order valence-electron chi connectivity index (χ3n) is 8.89. The molecule has 0 spiro atoms. The molecule has 0 aromatic carbocycles. The summed E-state index contributed by atoms with van der Waals surface area (Å²) in [4.78, 5) is 33.5. The van der Waals surface area contributed by atoms with Gasteiger partial charge in [-0.15, -0.1) is 0 Å². The molecule has 0 heterocycles. The Balaban J connectivity index is 4.26. The van der Waals surface area contributed by atoms with E-state index in [1.807, 2.05) is 0 Å². The lowest BCUT2D eigenvalue weighted by atomic mass is 10.1. The Kier molecular flexibility index (Phi) is 37.2. The van der Waals surface area contributed by atoms with Gasteiger partial charge >= 0.3 is 19.8 Å². The zero-order valence-electron chi connectivity index (χ0n) is 33.6. The van der Waals surface area contributed by atoms with Crippen molar-refractivity contribution in [1.29, 1.82) is 0 Å². The van der Waals surface area contributed by atoms with E-state index in [0.717, 1.165) is 70.6 Å². The van der Waals surface area contributed by atoms with E-state index in [2.05, 4.69) is 50.3 Å². The zero-order chi connectivity index (χ0) is 39.1. The summed E-state index contributed by atoms with van der Waals surface area (Å²) >= 11 is 0. The topological polar surface area (TPSA) is 155 Å². The highest BCUT2D eigenvalue weighted by Crippen LogP contribution is 2.43. The SMILES string of the molecule is CCCCC/C=C\C/C=C\CCCCCCCCCCOCC(COP(=O)(O)OCC(N)C(=O)O)OC(=O)CCCCCCC/C=C\CCCCCC. The first-order valence-electron chi connectivity index (χ1n) is 21.0. The van der Waals surface area contributed by atoms with Crippen LogP contribution in [0.1, 0.15) is 181 Å². The molecule has 0 aliphatic heterocycles. The number of rotatable bonds is 40.